The molecular weight excluding hydrogens is 543 g/mol. The Morgan fingerprint density at radius 1 is 0.971 bits per heavy atom. The van der Waals surface area contributed by atoms with Gasteiger partial charge in [0.15, 0.2) is 0 Å². The van der Waals surface area contributed by atoms with E-state index >= 15 is 0 Å². The summed E-state index contributed by atoms with van der Waals surface area (Å²) in [5.41, 5.74) is 7.07. The molecule has 6 nitrogen and oxygen atoms in total. The van der Waals surface area contributed by atoms with E-state index in [9.17, 15) is 14.7 Å². The normalized spacial score (nSPS) is 15.1. The highest BCUT2D eigenvalue weighted by atomic mass is 127. The number of carbonyl (C=O) groups is 2. The fraction of sp³-hybridized carbons (Fsp3) is 0.259. The zero-order valence-corrected chi connectivity index (χ0v) is 21.0. The second-order valence-electron chi connectivity index (χ2n) is 8.69. The number of piperazine rings is 1. The van der Waals surface area contributed by atoms with Gasteiger partial charge in [0.25, 0.3) is 0 Å². The Kier molecular flexibility index (Phi) is 6.20. The topological polar surface area (TPSA) is 70.1 Å². The van der Waals surface area contributed by atoms with Gasteiger partial charge in [-0.05, 0) is 69.5 Å². The van der Waals surface area contributed by atoms with Crippen LogP contribution in [0, 0.1) is 10.5 Å². The fourth-order valence-corrected chi connectivity index (χ4v) is 5.54. The lowest BCUT2D eigenvalue weighted by Crippen LogP contribution is -2.49. The molecule has 1 heterocycles. The zero-order chi connectivity index (χ0) is 23.8. The Hall–Kier alpha value is -3.07. The number of carbonyl (C=O) groups excluding carboxylic acids is 1. The molecule has 1 saturated heterocycles. The number of benzene rings is 3. The molecule has 7 heteroatoms. The van der Waals surface area contributed by atoms with E-state index in [4.69, 9.17) is 4.74 Å². The van der Waals surface area contributed by atoms with Gasteiger partial charge in [0.2, 0.25) is 0 Å². The molecule has 0 atom stereocenters. The van der Waals surface area contributed by atoms with Crippen molar-refractivity contribution in [3.8, 4) is 11.1 Å². The number of nitrogens with zero attached hydrogens (tertiary/aromatic N) is 2. The lowest BCUT2D eigenvalue weighted by Gasteiger charge is -2.36. The molecule has 1 amide bonds. The Morgan fingerprint density at radius 3 is 2.15 bits per heavy atom. The average molecular weight is 568 g/mol. The van der Waals surface area contributed by atoms with Crippen molar-refractivity contribution in [2.75, 3.05) is 37.7 Å². The van der Waals surface area contributed by atoms with Crippen molar-refractivity contribution in [1.29, 1.82) is 0 Å². The SMILES string of the molecule is Cc1c(I)cc(C(=O)O)cc1N1CCN(C(=O)OCC2c3ccccc3-c3ccccc32)CC1. The smallest absolute Gasteiger partial charge is 0.409 e. The molecular formula is C27H25IN2O4. The summed E-state index contributed by atoms with van der Waals surface area (Å²) >= 11 is 2.18. The maximum atomic E-state index is 12.9. The first-order valence-corrected chi connectivity index (χ1v) is 12.4. The van der Waals surface area contributed by atoms with E-state index in [2.05, 4.69) is 51.8 Å². The molecule has 5 rings (SSSR count). The van der Waals surface area contributed by atoms with Crippen molar-refractivity contribution in [3.05, 3.63) is 86.5 Å². The van der Waals surface area contributed by atoms with Gasteiger partial charge in [-0.3, -0.25) is 0 Å². The number of anilines is 1. The molecule has 1 N–H and O–H groups in total. The minimum absolute atomic E-state index is 0.0427. The Balaban J connectivity index is 1.24. The maximum absolute atomic E-state index is 12.9. The molecule has 1 fully saturated rings. The van der Waals surface area contributed by atoms with Crippen LogP contribution in [0.15, 0.2) is 60.7 Å². The van der Waals surface area contributed by atoms with Crippen LogP contribution < -0.4 is 4.90 Å². The molecule has 34 heavy (non-hydrogen) atoms. The van der Waals surface area contributed by atoms with Crippen LogP contribution in [-0.2, 0) is 4.74 Å². The van der Waals surface area contributed by atoms with Gasteiger partial charge in [-0.2, -0.15) is 0 Å². The highest BCUT2D eigenvalue weighted by Gasteiger charge is 2.30. The molecule has 0 spiro atoms. The second-order valence-corrected chi connectivity index (χ2v) is 9.85. The second kappa shape index (κ2) is 9.29. The van der Waals surface area contributed by atoms with Crippen molar-refractivity contribution in [2.45, 2.75) is 12.8 Å². The Morgan fingerprint density at radius 2 is 1.56 bits per heavy atom. The van der Waals surface area contributed by atoms with E-state index in [0.717, 1.165) is 14.8 Å². The fourth-order valence-electron chi connectivity index (χ4n) is 4.93. The molecule has 0 radical (unpaired) electrons. The number of hydrogen-bond donors (Lipinski definition) is 1. The summed E-state index contributed by atoms with van der Waals surface area (Å²) < 4.78 is 6.73. The molecule has 1 aliphatic heterocycles. The third kappa shape index (κ3) is 4.13. The number of rotatable bonds is 4. The van der Waals surface area contributed by atoms with E-state index in [-0.39, 0.29) is 17.6 Å². The number of amides is 1. The average Bonchev–Trinajstić information content (AvgIpc) is 3.18. The first kappa shape index (κ1) is 22.7. The van der Waals surface area contributed by atoms with E-state index in [1.165, 1.54) is 22.3 Å². The van der Waals surface area contributed by atoms with Crippen molar-refractivity contribution < 1.29 is 19.4 Å². The largest absolute Gasteiger partial charge is 0.478 e. The van der Waals surface area contributed by atoms with E-state index in [1.54, 1.807) is 17.0 Å². The predicted octanol–water partition coefficient (Wildman–Crippen LogP) is 5.37. The summed E-state index contributed by atoms with van der Waals surface area (Å²) in [5, 5.41) is 9.42. The number of carboxylic acid groups (broad SMARTS) is 1. The van der Waals surface area contributed by atoms with Gasteiger partial charge in [0.1, 0.15) is 6.61 Å². The van der Waals surface area contributed by atoms with E-state index in [0.29, 0.717) is 32.8 Å². The highest BCUT2D eigenvalue weighted by molar-refractivity contribution is 14.1. The molecule has 0 aromatic heterocycles. The first-order valence-electron chi connectivity index (χ1n) is 11.3. The van der Waals surface area contributed by atoms with Crippen molar-refractivity contribution in [2.24, 2.45) is 0 Å². The maximum Gasteiger partial charge on any atom is 0.409 e. The van der Waals surface area contributed by atoms with Gasteiger partial charge >= 0.3 is 12.1 Å². The predicted molar refractivity (Wildman–Crippen MR) is 140 cm³/mol. The summed E-state index contributed by atoms with van der Waals surface area (Å²) in [4.78, 5) is 28.3. The van der Waals surface area contributed by atoms with Gasteiger partial charge in [0, 0.05) is 41.4 Å². The van der Waals surface area contributed by atoms with Crippen molar-refractivity contribution >= 4 is 40.3 Å². The number of halogens is 1. The molecule has 174 valence electrons. The Bertz CT molecular complexity index is 1220. The van der Waals surface area contributed by atoms with Crippen LogP contribution in [0.2, 0.25) is 0 Å². The van der Waals surface area contributed by atoms with Crippen LogP contribution in [0.1, 0.15) is 33.0 Å². The minimum Gasteiger partial charge on any atom is -0.478 e. The standard InChI is InChI=1S/C27H25IN2O4/c1-17-24(28)14-18(26(31)32)15-25(17)29-10-12-30(13-11-29)27(33)34-16-23-21-8-4-2-6-19(21)20-7-3-5-9-22(20)23/h2-9,14-15,23H,10-13,16H2,1H3,(H,31,32). The van der Waals surface area contributed by atoms with Gasteiger partial charge in [0.05, 0.1) is 5.56 Å². The summed E-state index contributed by atoms with van der Waals surface area (Å²) in [7, 11) is 0. The lowest BCUT2D eigenvalue weighted by molar-refractivity contribution is 0.0696. The van der Waals surface area contributed by atoms with Crippen LogP contribution >= 0.6 is 22.6 Å². The molecule has 2 aliphatic rings. The molecule has 0 unspecified atom stereocenters. The quantitative estimate of drug-likeness (QED) is 0.429. The van der Waals surface area contributed by atoms with Crippen LogP contribution in [0.25, 0.3) is 11.1 Å². The summed E-state index contributed by atoms with van der Waals surface area (Å²) in [6, 6.07) is 20.0. The summed E-state index contributed by atoms with van der Waals surface area (Å²) in [6.45, 7) is 4.63. The van der Waals surface area contributed by atoms with Crippen LogP contribution in [0.5, 0.6) is 0 Å². The third-order valence-electron chi connectivity index (χ3n) is 6.78. The van der Waals surface area contributed by atoms with Gasteiger partial charge in [-0.25, -0.2) is 9.59 Å². The first-order chi connectivity index (χ1) is 16.4. The number of fused-ring (bicyclic) bond motifs is 3. The number of aromatic carboxylic acids is 1. The van der Waals surface area contributed by atoms with Crippen molar-refractivity contribution in [3.63, 3.8) is 0 Å². The monoisotopic (exact) mass is 568 g/mol. The molecule has 0 bridgehead atoms. The van der Waals surface area contributed by atoms with Gasteiger partial charge < -0.3 is 19.6 Å². The molecule has 3 aromatic rings. The highest BCUT2D eigenvalue weighted by Crippen LogP contribution is 2.44. The Labute approximate surface area is 212 Å². The van der Waals surface area contributed by atoms with E-state index < -0.39 is 5.97 Å². The third-order valence-corrected chi connectivity index (χ3v) is 7.90. The lowest BCUT2D eigenvalue weighted by atomic mass is 9.98. The summed E-state index contributed by atoms with van der Waals surface area (Å²) in [6.07, 6.45) is -0.299. The minimum atomic E-state index is -0.934. The summed E-state index contributed by atoms with van der Waals surface area (Å²) in [5.74, 6) is -0.891. The van der Waals surface area contributed by atoms with Gasteiger partial charge in [-0.15, -0.1) is 0 Å². The molecule has 3 aromatic carbocycles. The zero-order valence-electron chi connectivity index (χ0n) is 18.8. The van der Waals surface area contributed by atoms with Crippen molar-refractivity contribution in [1.82, 2.24) is 4.90 Å². The number of hydrogen-bond acceptors (Lipinski definition) is 4. The van der Waals surface area contributed by atoms with Crippen LogP contribution in [0.3, 0.4) is 0 Å². The van der Waals surface area contributed by atoms with Crippen LogP contribution in [-0.4, -0.2) is 54.9 Å². The van der Waals surface area contributed by atoms with E-state index in [1.807, 2.05) is 31.2 Å². The van der Waals surface area contributed by atoms with Gasteiger partial charge in [-0.1, -0.05) is 48.5 Å². The molecule has 1 aliphatic carbocycles. The number of carboxylic acids is 1. The van der Waals surface area contributed by atoms with Crippen LogP contribution in [0.4, 0.5) is 10.5 Å². The number of ether oxygens (including phenoxy) is 1. The molecule has 0 saturated carbocycles.